The molecule has 0 saturated heterocycles. The molecule has 3 aromatic rings. The van der Waals surface area contributed by atoms with E-state index in [0.29, 0.717) is 6.54 Å². The molecule has 10 heteroatoms. The highest BCUT2D eigenvalue weighted by Crippen LogP contribution is 2.30. The molecular formula is C28H31ClFN3O4S. The van der Waals surface area contributed by atoms with Crippen molar-refractivity contribution in [3.63, 3.8) is 0 Å². The summed E-state index contributed by atoms with van der Waals surface area (Å²) in [6.07, 6.45) is 1.63. The molecule has 1 atom stereocenters. The van der Waals surface area contributed by atoms with Gasteiger partial charge >= 0.3 is 0 Å². The van der Waals surface area contributed by atoms with Crippen molar-refractivity contribution in [3.05, 3.63) is 95.3 Å². The van der Waals surface area contributed by atoms with Crippen molar-refractivity contribution in [2.24, 2.45) is 0 Å². The fourth-order valence-electron chi connectivity index (χ4n) is 3.82. The molecule has 0 bridgehead atoms. The Kier molecular flexibility index (Phi) is 10.3. The number of carbonyl (C=O) groups is 2. The minimum absolute atomic E-state index is 0.0290. The van der Waals surface area contributed by atoms with Crippen molar-refractivity contribution in [1.29, 1.82) is 0 Å². The SMILES string of the molecule is CCCCNC(=O)[C@@H](C)N(Cc1ccccc1F)C(=O)CN(c1ccccc1Cl)S(=O)(=O)c1ccccc1. The summed E-state index contributed by atoms with van der Waals surface area (Å²) >= 11 is 6.37. The van der Waals surface area contributed by atoms with Crippen molar-refractivity contribution < 1.29 is 22.4 Å². The van der Waals surface area contributed by atoms with Crippen LogP contribution in [0.2, 0.25) is 5.02 Å². The van der Waals surface area contributed by atoms with Gasteiger partial charge in [-0.05, 0) is 43.7 Å². The summed E-state index contributed by atoms with van der Waals surface area (Å²) in [7, 11) is -4.22. The van der Waals surface area contributed by atoms with Crippen LogP contribution in [0, 0.1) is 5.82 Å². The number of para-hydroxylation sites is 1. The molecule has 0 fully saturated rings. The number of nitrogens with zero attached hydrogens (tertiary/aromatic N) is 2. The standard InChI is InChI=1S/C28H31ClFN3O4S/c1-3-4-18-31-28(35)21(2)32(19-22-12-8-10-16-25(22)30)27(34)20-33(26-17-11-9-15-24(26)29)38(36,37)23-13-6-5-7-14-23/h5-17,21H,3-4,18-20H2,1-2H3,(H,31,35)/t21-/m1/s1. The molecule has 0 radical (unpaired) electrons. The van der Waals surface area contributed by atoms with Gasteiger partial charge in [-0.1, -0.05) is 73.5 Å². The van der Waals surface area contributed by atoms with Gasteiger partial charge in [0.1, 0.15) is 18.4 Å². The van der Waals surface area contributed by atoms with Gasteiger partial charge in [0.25, 0.3) is 10.0 Å². The van der Waals surface area contributed by atoms with Crippen LogP contribution in [0.15, 0.2) is 83.8 Å². The number of hydrogen-bond donors (Lipinski definition) is 1. The second kappa shape index (κ2) is 13.4. The van der Waals surface area contributed by atoms with E-state index in [1.807, 2.05) is 6.92 Å². The highest BCUT2D eigenvalue weighted by atomic mass is 35.5. The lowest BCUT2D eigenvalue weighted by Gasteiger charge is -2.32. The average molecular weight is 560 g/mol. The van der Waals surface area contributed by atoms with Crippen LogP contribution in [-0.2, 0) is 26.2 Å². The molecule has 1 N–H and O–H groups in total. The monoisotopic (exact) mass is 559 g/mol. The highest BCUT2D eigenvalue weighted by Gasteiger charge is 2.33. The van der Waals surface area contributed by atoms with Gasteiger partial charge in [0.05, 0.1) is 15.6 Å². The first-order valence-corrected chi connectivity index (χ1v) is 14.1. The Morgan fingerprint density at radius 2 is 1.61 bits per heavy atom. The van der Waals surface area contributed by atoms with E-state index in [4.69, 9.17) is 11.6 Å². The minimum atomic E-state index is -4.22. The van der Waals surface area contributed by atoms with E-state index in [1.54, 1.807) is 36.4 Å². The third-order valence-electron chi connectivity index (χ3n) is 6.03. The molecule has 0 aliphatic rings. The van der Waals surface area contributed by atoms with Crippen LogP contribution in [0.1, 0.15) is 32.3 Å². The Labute approximate surface area is 228 Å². The molecule has 0 heterocycles. The van der Waals surface area contributed by atoms with Gasteiger partial charge in [-0.3, -0.25) is 13.9 Å². The molecule has 7 nitrogen and oxygen atoms in total. The van der Waals surface area contributed by atoms with Gasteiger partial charge in [-0.2, -0.15) is 0 Å². The summed E-state index contributed by atoms with van der Waals surface area (Å²) in [5.74, 6) is -1.65. The van der Waals surface area contributed by atoms with E-state index in [-0.39, 0.29) is 27.7 Å². The molecule has 2 amide bonds. The number of sulfonamides is 1. The number of amides is 2. The van der Waals surface area contributed by atoms with E-state index >= 15 is 0 Å². The first-order valence-electron chi connectivity index (χ1n) is 12.3. The van der Waals surface area contributed by atoms with Gasteiger partial charge in [0.2, 0.25) is 11.8 Å². The summed E-state index contributed by atoms with van der Waals surface area (Å²) < 4.78 is 42.9. The molecule has 0 aliphatic carbocycles. The van der Waals surface area contributed by atoms with Crippen molar-refractivity contribution in [3.8, 4) is 0 Å². The third-order valence-corrected chi connectivity index (χ3v) is 8.12. The molecule has 0 aliphatic heterocycles. The lowest BCUT2D eigenvalue weighted by atomic mass is 10.1. The molecule has 0 unspecified atom stereocenters. The van der Waals surface area contributed by atoms with Crippen LogP contribution in [0.25, 0.3) is 0 Å². The summed E-state index contributed by atoms with van der Waals surface area (Å²) in [5.41, 5.74) is 0.307. The molecule has 3 rings (SSSR count). The fourth-order valence-corrected chi connectivity index (χ4v) is 5.56. The first-order chi connectivity index (χ1) is 18.2. The quantitative estimate of drug-likeness (QED) is 0.316. The molecule has 0 saturated carbocycles. The van der Waals surface area contributed by atoms with Gasteiger partial charge in [-0.15, -0.1) is 0 Å². The van der Waals surface area contributed by atoms with Crippen molar-refractivity contribution in [2.75, 3.05) is 17.4 Å². The van der Waals surface area contributed by atoms with Crippen LogP contribution in [0.3, 0.4) is 0 Å². The zero-order valence-electron chi connectivity index (χ0n) is 21.3. The second-order valence-corrected chi connectivity index (χ2v) is 11.0. The number of carbonyl (C=O) groups excluding carboxylic acids is 2. The maximum atomic E-state index is 14.6. The van der Waals surface area contributed by atoms with E-state index in [9.17, 15) is 22.4 Å². The zero-order chi connectivity index (χ0) is 27.7. The van der Waals surface area contributed by atoms with Crippen LogP contribution in [0.5, 0.6) is 0 Å². The van der Waals surface area contributed by atoms with Gasteiger partial charge in [-0.25, -0.2) is 12.8 Å². The summed E-state index contributed by atoms with van der Waals surface area (Å²) in [4.78, 5) is 27.9. The summed E-state index contributed by atoms with van der Waals surface area (Å²) in [6.45, 7) is 3.07. The fraction of sp³-hybridized carbons (Fsp3) is 0.286. The number of rotatable bonds is 12. The topological polar surface area (TPSA) is 86.8 Å². The van der Waals surface area contributed by atoms with Crippen molar-refractivity contribution in [2.45, 2.75) is 44.2 Å². The molecule has 0 spiro atoms. The molecular weight excluding hydrogens is 529 g/mol. The first kappa shape index (κ1) is 29.1. The van der Waals surface area contributed by atoms with Crippen molar-refractivity contribution in [1.82, 2.24) is 10.2 Å². The number of halogens is 2. The predicted octanol–water partition coefficient (Wildman–Crippen LogP) is 5.01. The average Bonchev–Trinajstić information content (AvgIpc) is 2.91. The lowest BCUT2D eigenvalue weighted by molar-refractivity contribution is -0.139. The minimum Gasteiger partial charge on any atom is -0.354 e. The van der Waals surface area contributed by atoms with E-state index in [1.165, 1.54) is 54.3 Å². The smallest absolute Gasteiger partial charge is 0.264 e. The van der Waals surface area contributed by atoms with E-state index in [2.05, 4.69) is 5.32 Å². The third kappa shape index (κ3) is 7.11. The Bertz CT molecular complexity index is 1350. The maximum absolute atomic E-state index is 14.6. The van der Waals surface area contributed by atoms with Crippen LogP contribution >= 0.6 is 11.6 Å². The second-order valence-electron chi connectivity index (χ2n) is 8.71. The maximum Gasteiger partial charge on any atom is 0.264 e. The highest BCUT2D eigenvalue weighted by molar-refractivity contribution is 7.92. The lowest BCUT2D eigenvalue weighted by Crippen LogP contribution is -2.51. The van der Waals surface area contributed by atoms with Crippen molar-refractivity contribution >= 4 is 39.1 Å². The number of unbranched alkanes of at least 4 members (excludes halogenated alkanes) is 1. The molecule has 202 valence electrons. The van der Waals surface area contributed by atoms with Crippen LogP contribution < -0.4 is 9.62 Å². The summed E-state index contributed by atoms with van der Waals surface area (Å²) in [5, 5.41) is 2.92. The van der Waals surface area contributed by atoms with E-state index < -0.39 is 40.2 Å². The predicted molar refractivity (Wildman–Crippen MR) is 147 cm³/mol. The Morgan fingerprint density at radius 1 is 0.974 bits per heavy atom. The molecule has 3 aromatic carbocycles. The summed E-state index contributed by atoms with van der Waals surface area (Å²) in [6, 6.07) is 18.9. The molecule has 38 heavy (non-hydrogen) atoms. The van der Waals surface area contributed by atoms with Gasteiger partial charge in [0, 0.05) is 18.7 Å². The number of benzene rings is 3. The van der Waals surface area contributed by atoms with E-state index in [0.717, 1.165) is 17.1 Å². The van der Waals surface area contributed by atoms with Gasteiger partial charge in [0.15, 0.2) is 0 Å². The van der Waals surface area contributed by atoms with Crippen LogP contribution in [-0.4, -0.2) is 44.3 Å². The number of nitrogens with one attached hydrogen (secondary N) is 1. The normalized spacial score (nSPS) is 12.0. The number of hydrogen-bond acceptors (Lipinski definition) is 4. The van der Waals surface area contributed by atoms with Gasteiger partial charge < -0.3 is 10.2 Å². The Morgan fingerprint density at radius 3 is 2.26 bits per heavy atom. The Hall–Kier alpha value is -3.43. The molecule has 0 aromatic heterocycles. The van der Waals surface area contributed by atoms with Crippen LogP contribution in [0.4, 0.5) is 10.1 Å². The Balaban J connectivity index is 2.01. The largest absolute Gasteiger partial charge is 0.354 e. The zero-order valence-corrected chi connectivity index (χ0v) is 22.9. The number of anilines is 1.